The molecular formula is C16H12Cl2N2O2S. The number of nitrogens with one attached hydrogen (secondary N) is 1. The molecule has 0 atom stereocenters. The fourth-order valence-corrected chi connectivity index (χ4v) is 3.33. The van der Waals surface area contributed by atoms with Gasteiger partial charge in [0.2, 0.25) is 0 Å². The lowest BCUT2D eigenvalue weighted by Crippen LogP contribution is -2.11. The summed E-state index contributed by atoms with van der Waals surface area (Å²) in [4.78, 5) is 16.6. The first-order valence-electron chi connectivity index (χ1n) is 6.73. The highest BCUT2D eigenvalue weighted by Crippen LogP contribution is 2.30. The quantitative estimate of drug-likeness (QED) is 0.658. The van der Waals surface area contributed by atoms with Crippen LogP contribution in [-0.2, 0) is 0 Å². The van der Waals surface area contributed by atoms with Crippen molar-refractivity contribution in [2.24, 2.45) is 0 Å². The number of carbonyl (C=O) groups is 1. The fraction of sp³-hybridized carbons (Fsp3) is 0.125. The van der Waals surface area contributed by atoms with Gasteiger partial charge in [0.25, 0.3) is 5.91 Å². The Labute approximate surface area is 147 Å². The Morgan fingerprint density at radius 3 is 2.48 bits per heavy atom. The molecule has 4 nitrogen and oxygen atoms in total. The van der Waals surface area contributed by atoms with Crippen LogP contribution in [-0.4, -0.2) is 10.9 Å². The minimum atomic E-state index is -0.264. The number of rotatable bonds is 3. The van der Waals surface area contributed by atoms with Crippen LogP contribution in [0.2, 0.25) is 10.0 Å². The van der Waals surface area contributed by atoms with Crippen LogP contribution in [0.15, 0.2) is 34.1 Å². The zero-order valence-electron chi connectivity index (χ0n) is 12.3. The summed E-state index contributed by atoms with van der Waals surface area (Å²) in [6.07, 6.45) is 0. The topological polar surface area (TPSA) is 55.1 Å². The largest absolute Gasteiger partial charge is 0.461 e. The average molecular weight is 367 g/mol. The van der Waals surface area contributed by atoms with Gasteiger partial charge in [-0.1, -0.05) is 23.2 Å². The van der Waals surface area contributed by atoms with Crippen LogP contribution in [0.1, 0.15) is 21.8 Å². The van der Waals surface area contributed by atoms with Gasteiger partial charge in [-0.15, -0.1) is 11.3 Å². The third kappa shape index (κ3) is 3.58. The van der Waals surface area contributed by atoms with Crippen molar-refractivity contribution in [1.29, 1.82) is 0 Å². The average Bonchev–Trinajstić information content (AvgIpc) is 3.04. The van der Waals surface area contributed by atoms with Crippen molar-refractivity contribution in [2.45, 2.75) is 13.8 Å². The zero-order valence-corrected chi connectivity index (χ0v) is 14.6. The van der Waals surface area contributed by atoms with E-state index in [1.807, 2.05) is 12.3 Å². The van der Waals surface area contributed by atoms with Crippen LogP contribution < -0.4 is 5.32 Å². The molecule has 2 aromatic heterocycles. The van der Waals surface area contributed by atoms with Crippen molar-refractivity contribution >= 4 is 45.6 Å². The molecule has 0 bridgehead atoms. The minimum Gasteiger partial charge on any atom is -0.461 e. The van der Waals surface area contributed by atoms with Gasteiger partial charge in [0.05, 0.1) is 11.3 Å². The molecule has 0 unspecified atom stereocenters. The fourth-order valence-electron chi connectivity index (χ4n) is 2.12. The Morgan fingerprint density at radius 2 is 1.87 bits per heavy atom. The normalized spacial score (nSPS) is 10.8. The summed E-state index contributed by atoms with van der Waals surface area (Å²) in [7, 11) is 0. The number of thiazole rings is 1. The molecular weight excluding hydrogens is 355 g/mol. The summed E-state index contributed by atoms with van der Waals surface area (Å²) in [5.41, 5.74) is 2.03. The number of carbonyl (C=O) groups excluding carboxylic acids is 1. The van der Waals surface area contributed by atoms with Gasteiger partial charge in [0.1, 0.15) is 11.5 Å². The molecule has 23 heavy (non-hydrogen) atoms. The smallest absolute Gasteiger partial charge is 0.261 e. The first-order valence-corrected chi connectivity index (χ1v) is 8.36. The predicted octanol–water partition coefficient (Wildman–Crippen LogP) is 5.58. The van der Waals surface area contributed by atoms with E-state index in [9.17, 15) is 4.79 Å². The molecule has 3 aromatic rings. The van der Waals surface area contributed by atoms with Gasteiger partial charge in [-0.2, -0.15) is 0 Å². The number of nitrogens with zero attached hydrogens (tertiary/aromatic N) is 1. The molecule has 7 heteroatoms. The highest BCUT2D eigenvalue weighted by molar-refractivity contribution is 7.13. The molecule has 1 N–H and O–H groups in total. The first-order chi connectivity index (χ1) is 10.9. The lowest BCUT2D eigenvalue weighted by molar-refractivity contribution is 0.102. The summed E-state index contributed by atoms with van der Waals surface area (Å²) in [5.74, 6) is 0.786. The first kappa shape index (κ1) is 16.1. The highest BCUT2D eigenvalue weighted by Gasteiger charge is 2.17. The highest BCUT2D eigenvalue weighted by atomic mass is 35.5. The molecule has 118 valence electrons. The number of aromatic nitrogens is 1. The van der Waals surface area contributed by atoms with Gasteiger partial charge in [-0.3, -0.25) is 10.1 Å². The number of halogens is 2. The molecule has 0 aliphatic carbocycles. The van der Waals surface area contributed by atoms with Crippen molar-refractivity contribution in [3.05, 3.63) is 56.7 Å². The van der Waals surface area contributed by atoms with E-state index in [2.05, 4.69) is 10.3 Å². The standard InChI is InChI=1S/C16H12Cl2N2O2S/c1-8-7-23-16(19-8)20-15(21)13-6-14(22-9(13)2)10-3-11(17)5-12(18)4-10/h3-7H,1-2H3,(H,19,20,21). The Kier molecular flexibility index (Phi) is 4.43. The Hall–Kier alpha value is -1.82. The van der Waals surface area contributed by atoms with E-state index in [0.717, 1.165) is 11.3 Å². The summed E-state index contributed by atoms with van der Waals surface area (Å²) in [6.45, 7) is 3.61. The molecule has 1 aromatic carbocycles. The van der Waals surface area contributed by atoms with Crippen LogP contribution >= 0.6 is 34.5 Å². The number of furan rings is 1. The Balaban J connectivity index is 1.89. The predicted molar refractivity (Wildman–Crippen MR) is 93.7 cm³/mol. The molecule has 0 fully saturated rings. The van der Waals surface area contributed by atoms with E-state index in [1.165, 1.54) is 11.3 Å². The third-order valence-corrected chi connectivity index (χ3v) is 4.46. The number of hydrogen-bond acceptors (Lipinski definition) is 4. The maximum absolute atomic E-state index is 12.4. The lowest BCUT2D eigenvalue weighted by atomic mass is 10.1. The maximum Gasteiger partial charge on any atom is 0.261 e. The van der Waals surface area contributed by atoms with E-state index >= 15 is 0 Å². The Bertz CT molecular complexity index is 866. The van der Waals surface area contributed by atoms with Crippen LogP contribution in [0.5, 0.6) is 0 Å². The van der Waals surface area contributed by atoms with Gasteiger partial charge >= 0.3 is 0 Å². The summed E-state index contributed by atoms with van der Waals surface area (Å²) in [6, 6.07) is 6.78. The number of aryl methyl sites for hydroxylation is 2. The number of anilines is 1. The van der Waals surface area contributed by atoms with E-state index in [1.54, 1.807) is 31.2 Å². The van der Waals surface area contributed by atoms with Gasteiger partial charge in [-0.05, 0) is 38.1 Å². The second-order valence-corrected chi connectivity index (χ2v) is 6.72. The lowest BCUT2D eigenvalue weighted by Gasteiger charge is -1.99. The second-order valence-electron chi connectivity index (χ2n) is 4.99. The van der Waals surface area contributed by atoms with Crippen LogP contribution in [0, 0.1) is 13.8 Å². The van der Waals surface area contributed by atoms with Crippen LogP contribution in [0.3, 0.4) is 0 Å². The molecule has 0 aliphatic rings. The van der Waals surface area contributed by atoms with Gasteiger partial charge in [0, 0.05) is 21.0 Å². The maximum atomic E-state index is 12.4. The van der Waals surface area contributed by atoms with Crippen molar-refractivity contribution in [2.75, 3.05) is 5.32 Å². The molecule has 0 spiro atoms. The minimum absolute atomic E-state index is 0.264. The van der Waals surface area contributed by atoms with E-state index in [-0.39, 0.29) is 5.91 Å². The SMILES string of the molecule is Cc1csc(NC(=O)c2cc(-c3cc(Cl)cc(Cl)c3)oc2C)n1. The zero-order chi connectivity index (χ0) is 16.6. The summed E-state index contributed by atoms with van der Waals surface area (Å²) < 4.78 is 5.68. The van der Waals surface area contributed by atoms with Crippen LogP contribution in [0.25, 0.3) is 11.3 Å². The van der Waals surface area contributed by atoms with Crippen LogP contribution in [0.4, 0.5) is 5.13 Å². The van der Waals surface area contributed by atoms with E-state index in [0.29, 0.717) is 32.3 Å². The van der Waals surface area contributed by atoms with Crippen molar-refractivity contribution in [1.82, 2.24) is 4.98 Å². The molecule has 0 aliphatic heterocycles. The van der Waals surface area contributed by atoms with Crippen molar-refractivity contribution in [3.63, 3.8) is 0 Å². The monoisotopic (exact) mass is 366 g/mol. The van der Waals surface area contributed by atoms with Crippen molar-refractivity contribution in [3.8, 4) is 11.3 Å². The molecule has 0 saturated carbocycles. The van der Waals surface area contributed by atoms with Crippen molar-refractivity contribution < 1.29 is 9.21 Å². The van der Waals surface area contributed by atoms with Gasteiger partial charge in [0.15, 0.2) is 5.13 Å². The van der Waals surface area contributed by atoms with E-state index in [4.69, 9.17) is 27.6 Å². The van der Waals surface area contributed by atoms with E-state index < -0.39 is 0 Å². The molecule has 0 radical (unpaired) electrons. The third-order valence-electron chi connectivity index (χ3n) is 3.15. The molecule has 1 amide bonds. The van der Waals surface area contributed by atoms with Gasteiger partial charge < -0.3 is 4.42 Å². The summed E-state index contributed by atoms with van der Waals surface area (Å²) >= 11 is 13.4. The summed E-state index contributed by atoms with van der Waals surface area (Å²) in [5, 5.41) is 6.20. The molecule has 3 rings (SSSR count). The number of amides is 1. The van der Waals surface area contributed by atoms with Gasteiger partial charge in [-0.25, -0.2) is 4.98 Å². The molecule has 2 heterocycles. The number of benzene rings is 1. The number of hydrogen-bond donors (Lipinski definition) is 1. The second kappa shape index (κ2) is 6.35. The molecule has 0 saturated heterocycles. The Morgan fingerprint density at radius 1 is 1.17 bits per heavy atom.